The van der Waals surface area contributed by atoms with Crippen LogP contribution in [0.15, 0.2) is 60.7 Å². The van der Waals surface area contributed by atoms with Crippen LogP contribution in [0.25, 0.3) is 0 Å². The minimum Gasteiger partial charge on any atom is -0.383 e. The summed E-state index contributed by atoms with van der Waals surface area (Å²) >= 11 is 0. The van der Waals surface area contributed by atoms with Crippen molar-refractivity contribution in [1.82, 2.24) is 0 Å². The molecule has 158 valence electrons. The Bertz CT molecular complexity index is 953. The second-order valence-electron chi connectivity index (χ2n) is 7.26. The maximum atomic E-state index is 13.5. The van der Waals surface area contributed by atoms with Gasteiger partial charge in [0.25, 0.3) is 0 Å². The molecular weight excluding hydrogens is 389 g/mol. The summed E-state index contributed by atoms with van der Waals surface area (Å²) in [4.78, 5) is 0. The number of benzene rings is 3. The number of para-hydroxylation sites is 2. The van der Waals surface area contributed by atoms with E-state index in [4.69, 9.17) is 4.74 Å². The topological polar surface area (TPSA) is 33.3 Å². The van der Waals surface area contributed by atoms with Gasteiger partial charge in [0, 0.05) is 13.7 Å². The Kier molecular flexibility index (Phi) is 7.36. The summed E-state index contributed by atoms with van der Waals surface area (Å²) in [6.07, 6.45) is 0.775. The molecule has 30 heavy (non-hydrogen) atoms. The highest BCUT2D eigenvalue weighted by Crippen LogP contribution is 2.24. The number of hydrogen-bond donors (Lipinski definition) is 2. The van der Waals surface area contributed by atoms with Crippen molar-refractivity contribution in [3.8, 4) is 0 Å². The maximum absolute atomic E-state index is 13.5. The first kappa shape index (κ1) is 21.7. The average Bonchev–Trinajstić information content (AvgIpc) is 2.73. The molecule has 0 spiro atoms. The minimum absolute atomic E-state index is 0.0290. The Balaban J connectivity index is 1.72. The number of anilines is 2. The third kappa shape index (κ3) is 5.76. The van der Waals surface area contributed by atoms with Crippen molar-refractivity contribution < 1.29 is 17.9 Å². The summed E-state index contributed by atoms with van der Waals surface area (Å²) in [6, 6.07) is 17.9. The molecule has 0 heterocycles. The lowest BCUT2D eigenvalue weighted by Gasteiger charge is -2.22. The van der Waals surface area contributed by atoms with Gasteiger partial charge in [0.05, 0.1) is 24.0 Å². The van der Waals surface area contributed by atoms with Crippen LogP contribution in [0.4, 0.5) is 24.5 Å². The molecule has 0 aliphatic carbocycles. The Hall–Kier alpha value is -2.99. The molecule has 3 rings (SSSR count). The van der Waals surface area contributed by atoms with Gasteiger partial charge in [0.1, 0.15) is 0 Å². The average molecular weight is 414 g/mol. The second-order valence-corrected chi connectivity index (χ2v) is 7.26. The number of rotatable bonds is 9. The zero-order valence-electron chi connectivity index (χ0n) is 17.0. The van der Waals surface area contributed by atoms with E-state index < -0.39 is 17.5 Å². The third-order valence-electron chi connectivity index (χ3n) is 4.78. The molecule has 6 heteroatoms. The van der Waals surface area contributed by atoms with Gasteiger partial charge >= 0.3 is 0 Å². The number of hydrogen-bond acceptors (Lipinski definition) is 3. The Morgan fingerprint density at radius 2 is 1.50 bits per heavy atom. The molecule has 0 saturated carbocycles. The molecule has 0 saturated heterocycles. The highest BCUT2D eigenvalue weighted by atomic mass is 19.2. The molecule has 0 bridgehead atoms. The van der Waals surface area contributed by atoms with Crippen molar-refractivity contribution in [3.63, 3.8) is 0 Å². The van der Waals surface area contributed by atoms with Crippen LogP contribution in [0, 0.1) is 24.4 Å². The van der Waals surface area contributed by atoms with E-state index in [0.29, 0.717) is 12.2 Å². The fourth-order valence-corrected chi connectivity index (χ4v) is 3.25. The number of aryl methyl sites for hydroxylation is 1. The molecule has 3 aromatic carbocycles. The second kappa shape index (κ2) is 10.2. The zero-order chi connectivity index (χ0) is 21.5. The van der Waals surface area contributed by atoms with E-state index in [1.807, 2.05) is 24.3 Å². The summed E-state index contributed by atoms with van der Waals surface area (Å²) in [5, 5.41) is 6.65. The van der Waals surface area contributed by atoms with E-state index in [2.05, 4.69) is 41.8 Å². The molecule has 0 aliphatic heterocycles. The molecule has 0 fully saturated rings. The molecular formula is C24H25F3N2O. The van der Waals surface area contributed by atoms with E-state index in [1.54, 1.807) is 7.11 Å². The first-order valence-corrected chi connectivity index (χ1v) is 9.73. The van der Waals surface area contributed by atoms with Crippen molar-refractivity contribution in [2.75, 3.05) is 24.4 Å². The van der Waals surface area contributed by atoms with E-state index >= 15 is 0 Å². The summed E-state index contributed by atoms with van der Waals surface area (Å²) in [7, 11) is 1.66. The molecule has 0 radical (unpaired) electrons. The fourth-order valence-electron chi connectivity index (χ4n) is 3.25. The van der Waals surface area contributed by atoms with Crippen molar-refractivity contribution in [2.24, 2.45) is 0 Å². The maximum Gasteiger partial charge on any atom is 0.194 e. The number of nitrogens with one attached hydrogen (secondary N) is 2. The van der Waals surface area contributed by atoms with Crippen LogP contribution in [0.3, 0.4) is 0 Å². The van der Waals surface area contributed by atoms with Crippen LogP contribution in [-0.2, 0) is 17.7 Å². The number of methoxy groups -OCH3 is 1. The van der Waals surface area contributed by atoms with Crippen LogP contribution in [0.2, 0.25) is 0 Å². The van der Waals surface area contributed by atoms with Gasteiger partial charge in [-0.05, 0) is 48.7 Å². The first-order valence-electron chi connectivity index (χ1n) is 9.73. The summed E-state index contributed by atoms with van der Waals surface area (Å²) < 4.78 is 45.5. The highest BCUT2D eigenvalue weighted by molar-refractivity contribution is 5.69. The Morgan fingerprint density at radius 1 is 0.867 bits per heavy atom. The van der Waals surface area contributed by atoms with E-state index in [9.17, 15) is 13.2 Å². The SMILES string of the molecule is COC[C@H](Cc1ccc(C)cc1)Nc1ccccc1NCc1cc(F)c(F)c(F)c1. The van der Waals surface area contributed by atoms with Crippen molar-refractivity contribution in [2.45, 2.75) is 25.9 Å². The lowest BCUT2D eigenvalue weighted by atomic mass is 10.0. The van der Waals surface area contributed by atoms with Crippen LogP contribution >= 0.6 is 0 Å². The monoisotopic (exact) mass is 414 g/mol. The minimum atomic E-state index is -1.46. The number of halogens is 3. The molecule has 0 aromatic heterocycles. The summed E-state index contributed by atoms with van der Waals surface area (Å²) in [6.45, 7) is 2.71. The van der Waals surface area contributed by atoms with Crippen LogP contribution in [-0.4, -0.2) is 19.8 Å². The van der Waals surface area contributed by atoms with Crippen LogP contribution in [0.1, 0.15) is 16.7 Å². The van der Waals surface area contributed by atoms with Crippen LogP contribution < -0.4 is 10.6 Å². The van der Waals surface area contributed by atoms with Gasteiger partial charge in [-0.2, -0.15) is 0 Å². The normalized spacial score (nSPS) is 11.9. The van der Waals surface area contributed by atoms with Gasteiger partial charge in [-0.1, -0.05) is 42.0 Å². The number of ether oxygens (including phenoxy) is 1. The summed E-state index contributed by atoms with van der Waals surface area (Å²) in [5.74, 6) is -3.85. The van der Waals surface area contributed by atoms with Gasteiger partial charge in [0.15, 0.2) is 17.5 Å². The highest BCUT2D eigenvalue weighted by Gasteiger charge is 2.13. The van der Waals surface area contributed by atoms with Crippen molar-refractivity contribution in [3.05, 3.63) is 94.8 Å². The van der Waals surface area contributed by atoms with Gasteiger partial charge in [-0.15, -0.1) is 0 Å². The Morgan fingerprint density at radius 3 is 2.13 bits per heavy atom. The van der Waals surface area contributed by atoms with Gasteiger partial charge in [0.2, 0.25) is 0 Å². The predicted octanol–water partition coefficient (Wildman–Crippen LogP) is 5.69. The van der Waals surface area contributed by atoms with E-state index in [0.717, 1.165) is 29.9 Å². The molecule has 3 aromatic rings. The van der Waals surface area contributed by atoms with Crippen molar-refractivity contribution >= 4 is 11.4 Å². The fraction of sp³-hybridized carbons (Fsp3) is 0.250. The molecule has 2 N–H and O–H groups in total. The smallest absolute Gasteiger partial charge is 0.194 e. The standard InChI is InChI=1S/C24H25F3N2O/c1-16-7-9-17(10-8-16)11-19(15-30-2)29-23-6-4-3-5-22(23)28-14-18-12-20(25)24(27)21(26)13-18/h3-10,12-13,19,28-29H,11,14-15H2,1-2H3/t19-/m0/s1. The third-order valence-corrected chi connectivity index (χ3v) is 4.78. The quantitative estimate of drug-likeness (QED) is 0.441. The van der Waals surface area contributed by atoms with Gasteiger partial charge < -0.3 is 15.4 Å². The predicted molar refractivity (Wildman–Crippen MR) is 114 cm³/mol. The van der Waals surface area contributed by atoms with Gasteiger partial charge in [-0.3, -0.25) is 0 Å². The lowest BCUT2D eigenvalue weighted by Crippen LogP contribution is -2.28. The van der Waals surface area contributed by atoms with Gasteiger partial charge in [-0.25, -0.2) is 13.2 Å². The van der Waals surface area contributed by atoms with E-state index in [1.165, 1.54) is 11.1 Å². The first-order chi connectivity index (χ1) is 14.5. The lowest BCUT2D eigenvalue weighted by molar-refractivity contribution is 0.185. The van der Waals surface area contributed by atoms with E-state index in [-0.39, 0.29) is 12.6 Å². The molecule has 3 nitrogen and oxygen atoms in total. The largest absolute Gasteiger partial charge is 0.383 e. The zero-order valence-corrected chi connectivity index (χ0v) is 17.0. The van der Waals surface area contributed by atoms with Crippen LogP contribution in [0.5, 0.6) is 0 Å². The molecule has 0 amide bonds. The molecule has 1 atom stereocenters. The molecule has 0 aliphatic rings. The summed E-state index contributed by atoms with van der Waals surface area (Å²) in [5.41, 5.74) is 4.33. The Labute approximate surface area is 174 Å². The van der Waals surface area contributed by atoms with Crippen molar-refractivity contribution in [1.29, 1.82) is 0 Å². The molecule has 0 unspecified atom stereocenters.